The van der Waals surface area contributed by atoms with Gasteiger partial charge in [0.15, 0.2) is 0 Å². The second-order valence-corrected chi connectivity index (χ2v) is 7.53. The molecule has 0 bridgehead atoms. The second-order valence-electron chi connectivity index (χ2n) is 7.53. The molecule has 134 valence electrons. The molecule has 0 spiro atoms. The molecule has 1 saturated heterocycles. The maximum absolute atomic E-state index is 13.0. The highest BCUT2D eigenvalue weighted by Gasteiger charge is 2.30. The molecule has 1 unspecified atom stereocenters. The van der Waals surface area contributed by atoms with Crippen molar-refractivity contribution in [3.63, 3.8) is 0 Å². The number of rotatable bonds is 1. The Bertz CT molecular complexity index is 1030. The molecular weight excluding hydrogens is 330 g/mol. The Labute approximate surface area is 151 Å². The standard InChI is InChI=1S/C20H21N3O3/c1-12-21-15-6-5-13(9-10-20(2,3)4)11-14(15)19(26)23(12)16-7-8-17(24)22-18(16)25/h5-6,11,16H,7-8H2,1-4H3,(H,22,24,25). The molecule has 0 saturated carbocycles. The summed E-state index contributed by atoms with van der Waals surface area (Å²) in [5.41, 5.74) is 0.858. The molecule has 1 atom stereocenters. The summed E-state index contributed by atoms with van der Waals surface area (Å²) in [6, 6.07) is 4.60. The normalized spacial score (nSPS) is 17.6. The molecule has 3 rings (SSSR count). The Kier molecular flexibility index (Phi) is 4.41. The van der Waals surface area contributed by atoms with E-state index in [1.807, 2.05) is 26.8 Å². The van der Waals surface area contributed by atoms with Crippen LogP contribution in [0.5, 0.6) is 0 Å². The topological polar surface area (TPSA) is 81.1 Å². The number of hydrogen-bond donors (Lipinski definition) is 1. The highest BCUT2D eigenvalue weighted by Crippen LogP contribution is 2.20. The molecule has 1 fully saturated rings. The van der Waals surface area contributed by atoms with Crippen LogP contribution in [0.25, 0.3) is 10.9 Å². The highest BCUT2D eigenvalue weighted by atomic mass is 16.2. The zero-order chi connectivity index (χ0) is 19.1. The molecular formula is C20H21N3O3. The fraction of sp³-hybridized carbons (Fsp3) is 0.400. The summed E-state index contributed by atoms with van der Waals surface area (Å²) < 4.78 is 1.38. The Balaban J connectivity index is 2.13. The molecule has 1 N–H and O–H groups in total. The van der Waals surface area contributed by atoms with Gasteiger partial charge in [0.05, 0.1) is 10.9 Å². The van der Waals surface area contributed by atoms with Crippen LogP contribution in [-0.4, -0.2) is 21.4 Å². The zero-order valence-electron chi connectivity index (χ0n) is 15.3. The zero-order valence-corrected chi connectivity index (χ0v) is 15.3. The lowest BCUT2D eigenvalue weighted by molar-refractivity contribution is -0.135. The van der Waals surface area contributed by atoms with E-state index in [0.29, 0.717) is 23.1 Å². The van der Waals surface area contributed by atoms with Gasteiger partial charge in [0, 0.05) is 17.4 Å². The van der Waals surface area contributed by atoms with E-state index < -0.39 is 11.9 Å². The Morgan fingerprint density at radius 2 is 1.96 bits per heavy atom. The first-order valence-electron chi connectivity index (χ1n) is 8.55. The molecule has 0 radical (unpaired) electrons. The largest absolute Gasteiger partial charge is 0.295 e. The minimum atomic E-state index is -0.721. The third kappa shape index (κ3) is 3.52. The number of carbonyl (C=O) groups is 2. The molecule has 2 aromatic rings. The van der Waals surface area contributed by atoms with Gasteiger partial charge in [-0.25, -0.2) is 4.98 Å². The lowest BCUT2D eigenvalue weighted by Crippen LogP contribution is -2.45. The van der Waals surface area contributed by atoms with Crippen molar-refractivity contribution in [2.24, 2.45) is 5.41 Å². The van der Waals surface area contributed by atoms with Crippen molar-refractivity contribution in [1.29, 1.82) is 0 Å². The van der Waals surface area contributed by atoms with Crippen LogP contribution in [0.15, 0.2) is 23.0 Å². The molecule has 1 aromatic carbocycles. The second kappa shape index (κ2) is 6.41. The number of benzene rings is 1. The average Bonchev–Trinajstić information content (AvgIpc) is 2.54. The third-order valence-corrected chi connectivity index (χ3v) is 4.18. The number of hydrogen-bond acceptors (Lipinski definition) is 4. The smallest absolute Gasteiger partial charge is 0.262 e. The number of aryl methyl sites for hydroxylation is 1. The first kappa shape index (κ1) is 17.9. The van der Waals surface area contributed by atoms with E-state index in [4.69, 9.17) is 0 Å². The molecule has 0 aliphatic carbocycles. The van der Waals surface area contributed by atoms with Crippen molar-refractivity contribution in [2.75, 3.05) is 0 Å². The number of imide groups is 1. The summed E-state index contributed by atoms with van der Waals surface area (Å²) in [5, 5.41) is 2.71. The number of aromatic nitrogens is 2. The Morgan fingerprint density at radius 3 is 2.62 bits per heavy atom. The Hall–Kier alpha value is -2.94. The highest BCUT2D eigenvalue weighted by molar-refractivity contribution is 5.99. The van der Waals surface area contributed by atoms with Crippen LogP contribution in [0.1, 0.15) is 51.0 Å². The van der Waals surface area contributed by atoms with Crippen LogP contribution >= 0.6 is 0 Å². The van der Waals surface area contributed by atoms with Crippen LogP contribution in [0.3, 0.4) is 0 Å². The molecule has 1 aliphatic rings. The van der Waals surface area contributed by atoms with E-state index in [0.717, 1.165) is 5.56 Å². The predicted molar refractivity (Wildman–Crippen MR) is 98.5 cm³/mol. The van der Waals surface area contributed by atoms with Gasteiger partial charge in [0.2, 0.25) is 11.8 Å². The van der Waals surface area contributed by atoms with Gasteiger partial charge in [-0.2, -0.15) is 0 Å². The van der Waals surface area contributed by atoms with Crippen molar-refractivity contribution in [1.82, 2.24) is 14.9 Å². The first-order chi connectivity index (χ1) is 12.2. The van der Waals surface area contributed by atoms with E-state index in [1.54, 1.807) is 19.1 Å². The number of amides is 2. The Morgan fingerprint density at radius 1 is 1.23 bits per heavy atom. The molecule has 6 heteroatoms. The summed E-state index contributed by atoms with van der Waals surface area (Å²) in [4.78, 5) is 41.1. The van der Waals surface area contributed by atoms with Crippen molar-refractivity contribution in [2.45, 2.75) is 46.6 Å². The molecule has 6 nitrogen and oxygen atoms in total. The van der Waals surface area contributed by atoms with Crippen LogP contribution in [0.2, 0.25) is 0 Å². The monoisotopic (exact) mass is 351 g/mol. The van der Waals surface area contributed by atoms with E-state index in [1.165, 1.54) is 4.57 Å². The molecule has 2 amide bonds. The quantitative estimate of drug-likeness (QED) is 0.630. The maximum atomic E-state index is 13.0. The molecule has 1 aliphatic heterocycles. The van der Waals surface area contributed by atoms with Gasteiger partial charge >= 0.3 is 0 Å². The van der Waals surface area contributed by atoms with Gasteiger partial charge in [-0.15, -0.1) is 0 Å². The summed E-state index contributed by atoms with van der Waals surface area (Å²) in [5.74, 6) is 5.90. The summed E-state index contributed by atoms with van der Waals surface area (Å²) >= 11 is 0. The summed E-state index contributed by atoms with van der Waals surface area (Å²) in [6.45, 7) is 7.74. The predicted octanol–water partition coefficient (Wildman–Crippen LogP) is 2.08. The van der Waals surface area contributed by atoms with E-state index in [2.05, 4.69) is 22.1 Å². The van der Waals surface area contributed by atoms with Gasteiger partial charge in [0.25, 0.3) is 5.56 Å². The number of piperidine rings is 1. The number of carbonyl (C=O) groups excluding carboxylic acids is 2. The van der Waals surface area contributed by atoms with Crippen molar-refractivity contribution < 1.29 is 9.59 Å². The fourth-order valence-corrected chi connectivity index (χ4v) is 2.94. The lowest BCUT2D eigenvalue weighted by Gasteiger charge is -2.24. The van der Waals surface area contributed by atoms with Crippen LogP contribution in [0, 0.1) is 24.2 Å². The molecule has 1 aromatic heterocycles. The minimum absolute atomic E-state index is 0.145. The van der Waals surface area contributed by atoms with Gasteiger partial charge in [-0.05, 0) is 52.3 Å². The van der Waals surface area contributed by atoms with Crippen LogP contribution < -0.4 is 10.9 Å². The summed E-state index contributed by atoms with van der Waals surface area (Å²) in [6.07, 6.45) is 0.500. The number of nitrogens with one attached hydrogen (secondary N) is 1. The van der Waals surface area contributed by atoms with E-state index in [9.17, 15) is 14.4 Å². The first-order valence-corrected chi connectivity index (χ1v) is 8.55. The van der Waals surface area contributed by atoms with Crippen molar-refractivity contribution >= 4 is 22.7 Å². The third-order valence-electron chi connectivity index (χ3n) is 4.18. The van der Waals surface area contributed by atoms with Crippen molar-refractivity contribution in [3.05, 3.63) is 39.9 Å². The molecule has 26 heavy (non-hydrogen) atoms. The van der Waals surface area contributed by atoms with E-state index in [-0.39, 0.29) is 23.3 Å². The van der Waals surface area contributed by atoms with Gasteiger partial charge in [-0.3, -0.25) is 24.3 Å². The average molecular weight is 351 g/mol. The van der Waals surface area contributed by atoms with Crippen LogP contribution in [-0.2, 0) is 9.59 Å². The fourth-order valence-electron chi connectivity index (χ4n) is 2.94. The van der Waals surface area contributed by atoms with Crippen molar-refractivity contribution in [3.8, 4) is 11.8 Å². The van der Waals surface area contributed by atoms with Gasteiger partial charge in [0.1, 0.15) is 11.9 Å². The molecule has 2 heterocycles. The number of fused-ring (bicyclic) bond motifs is 1. The lowest BCUT2D eigenvalue weighted by atomic mass is 9.97. The summed E-state index contributed by atoms with van der Waals surface area (Å²) in [7, 11) is 0. The maximum Gasteiger partial charge on any atom is 0.262 e. The minimum Gasteiger partial charge on any atom is -0.295 e. The van der Waals surface area contributed by atoms with E-state index >= 15 is 0 Å². The number of nitrogens with zero attached hydrogens (tertiary/aromatic N) is 2. The SMILES string of the molecule is Cc1nc2ccc(C#CC(C)(C)C)cc2c(=O)n1C1CCC(=O)NC1=O. The van der Waals surface area contributed by atoms with Gasteiger partial charge in [-0.1, -0.05) is 11.8 Å². The van der Waals surface area contributed by atoms with Crippen LogP contribution in [0.4, 0.5) is 0 Å². The van der Waals surface area contributed by atoms with Gasteiger partial charge < -0.3 is 0 Å².